The summed E-state index contributed by atoms with van der Waals surface area (Å²) in [6.45, 7) is 0.0337. The lowest BCUT2D eigenvalue weighted by Crippen LogP contribution is -1.95. The molecule has 0 spiro atoms. The van der Waals surface area contributed by atoms with Crippen LogP contribution in [0.2, 0.25) is 0 Å². The lowest BCUT2D eigenvalue weighted by Gasteiger charge is -2.01. The Morgan fingerprint density at radius 2 is 2.15 bits per heavy atom. The minimum atomic E-state index is 0.0337. The van der Waals surface area contributed by atoms with E-state index >= 15 is 0 Å². The molecule has 13 heavy (non-hydrogen) atoms. The summed E-state index contributed by atoms with van der Waals surface area (Å²) in [6, 6.07) is 5.77. The van der Waals surface area contributed by atoms with E-state index in [-0.39, 0.29) is 6.61 Å². The lowest BCUT2D eigenvalue weighted by atomic mass is 10.1. The molecule has 0 fully saturated rings. The molecule has 1 aliphatic rings. The van der Waals surface area contributed by atoms with E-state index in [9.17, 15) is 0 Å². The summed E-state index contributed by atoms with van der Waals surface area (Å²) in [5, 5.41) is 20.9. The fourth-order valence-corrected chi connectivity index (χ4v) is 1.70. The van der Waals surface area contributed by atoms with Crippen molar-refractivity contribution in [3.63, 3.8) is 0 Å². The van der Waals surface area contributed by atoms with Gasteiger partial charge < -0.3 is 10.3 Å². The molecule has 0 amide bonds. The van der Waals surface area contributed by atoms with Gasteiger partial charge in [0.05, 0.1) is 12.3 Å². The van der Waals surface area contributed by atoms with E-state index in [2.05, 4.69) is 5.16 Å². The average molecular weight is 177 g/mol. The largest absolute Gasteiger partial charge is 0.411 e. The number of hydrogen-bond acceptors (Lipinski definition) is 3. The standard InChI is InChI=1S/C10H11NO2/c12-6-7-1-2-8-3-4-10(11-13)9(8)5-7/h1-2,5,12-13H,3-4,6H2/b11-10+. The van der Waals surface area contributed by atoms with Crippen molar-refractivity contribution < 1.29 is 10.3 Å². The Morgan fingerprint density at radius 1 is 1.31 bits per heavy atom. The molecule has 2 rings (SSSR count). The molecule has 0 aliphatic heterocycles. The van der Waals surface area contributed by atoms with Crippen LogP contribution in [-0.2, 0) is 13.0 Å². The molecule has 68 valence electrons. The van der Waals surface area contributed by atoms with E-state index in [0.717, 1.165) is 29.7 Å². The molecule has 1 aromatic carbocycles. The van der Waals surface area contributed by atoms with Crippen molar-refractivity contribution in [3.8, 4) is 0 Å². The van der Waals surface area contributed by atoms with Crippen LogP contribution in [0.15, 0.2) is 23.4 Å². The molecule has 0 aromatic heterocycles. The monoisotopic (exact) mass is 177 g/mol. The van der Waals surface area contributed by atoms with Gasteiger partial charge in [0.15, 0.2) is 0 Å². The van der Waals surface area contributed by atoms with Crippen molar-refractivity contribution >= 4 is 5.71 Å². The average Bonchev–Trinajstić information content (AvgIpc) is 2.59. The number of aryl methyl sites for hydroxylation is 1. The highest BCUT2D eigenvalue weighted by Gasteiger charge is 2.17. The second kappa shape index (κ2) is 3.18. The van der Waals surface area contributed by atoms with Gasteiger partial charge >= 0.3 is 0 Å². The zero-order valence-corrected chi connectivity index (χ0v) is 7.20. The quantitative estimate of drug-likeness (QED) is 0.502. The Hall–Kier alpha value is -1.35. The summed E-state index contributed by atoms with van der Waals surface area (Å²) < 4.78 is 0. The zero-order valence-electron chi connectivity index (χ0n) is 7.20. The fraction of sp³-hybridized carbons (Fsp3) is 0.300. The number of hydrogen-bond donors (Lipinski definition) is 2. The molecule has 1 aliphatic carbocycles. The molecular weight excluding hydrogens is 166 g/mol. The SMILES string of the molecule is OCc1ccc2c(c1)/C(=N/O)CC2. The highest BCUT2D eigenvalue weighted by molar-refractivity contribution is 6.04. The first-order valence-electron chi connectivity index (χ1n) is 4.29. The fourth-order valence-electron chi connectivity index (χ4n) is 1.70. The Bertz CT molecular complexity index is 358. The van der Waals surface area contributed by atoms with Crippen molar-refractivity contribution in [2.75, 3.05) is 0 Å². The van der Waals surface area contributed by atoms with Crippen LogP contribution < -0.4 is 0 Å². The van der Waals surface area contributed by atoms with E-state index in [4.69, 9.17) is 10.3 Å². The maximum absolute atomic E-state index is 8.93. The third kappa shape index (κ3) is 1.31. The number of benzene rings is 1. The van der Waals surface area contributed by atoms with Crippen LogP contribution in [0.25, 0.3) is 0 Å². The van der Waals surface area contributed by atoms with Crippen molar-refractivity contribution in [2.45, 2.75) is 19.4 Å². The van der Waals surface area contributed by atoms with Gasteiger partial charge in [0, 0.05) is 5.56 Å². The highest BCUT2D eigenvalue weighted by Crippen LogP contribution is 2.23. The number of fused-ring (bicyclic) bond motifs is 1. The van der Waals surface area contributed by atoms with Crippen molar-refractivity contribution in [2.24, 2.45) is 5.16 Å². The van der Waals surface area contributed by atoms with E-state index in [1.54, 1.807) is 0 Å². The van der Waals surface area contributed by atoms with Gasteiger partial charge in [0.25, 0.3) is 0 Å². The molecule has 2 N–H and O–H groups in total. The Kier molecular flexibility index (Phi) is 2.02. The lowest BCUT2D eigenvalue weighted by molar-refractivity contribution is 0.282. The second-order valence-corrected chi connectivity index (χ2v) is 3.20. The Morgan fingerprint density at radius 3 is 2.85 bits per heavy atom. The molecule has 0 unspecified atom stereocenters. The smallest absolute Gasteiger partial charge is 0.0873 e. The highest BCUT2D eigenvalue weighted by atomic mass is 16.4. The van der Waals surface area contributed by atoms with Crippen LogP contribution in [0.3, 0.4) is 0 Å². The van der Waals surface area contributed by atoms with E-state index < -0.39 is 0 Å². The third-order valence-corrected chi connectivity index (χ3v) is 2.42. The second-order valence-electron chi connectivity index (χ2n) is 3.20. The van der Waals surface area contributed by atoms with Gasteiger partial charge in [0.1, 0.15) is 0 Å². The van der Waals surface area contributed by atoms with Gasteiger partial charge in [-0.2, -0.15) is 0 Å². The topological polar surface area (TPSA) is 52.8 Å². The summed E-state index contributed by atoms with van der Waals surface area (Å²) in [4.78, 5) is 0. The molecular formula is C10H11NO2. The summed E-state index contributed by atoms with van der Waals surface area (Å²) in [6.07, 6.45) is 1.72. The van der Waals surface area contributed by atoms with Crippen LogP contribution in [0.5, 0.6) is 0 Å². The molecule has 0 radical (unpaired) electrons. The predicted octanol–water partition coefficient (Wildman–Crippen LogP) is 1.30. The molecule has 0 saturated carbocycles. The van der Waals surface area contributed by atoms with Gasteiger partial charge in [-0.3, -0.25) is 0 Å². The number of aliphatic hydroxyl groups is 1. The van der Waals surface area contributed by atoms with Gasteiger partial charge in [-0.25, -0.2) is 0 Å². The van der Waals surface area contributed by atoms with Crippen molar-refractivity contribution in [1.29, 1.82) is 0 Å². The first-order valence-corrected chi connectivity index (χ1v) is 4.29. The maximum atomic E-state index is 8.93. The summed E-state index contributed by atoms with van der Waals surface area (Å²) in [7, 11) is 0. The number of aliphatic hydroxyl groups excluding tert-OH is 1. The first kappa shape index (κ1) is 8.26. The summed E-state index contributed by atoms with van der Waals surface area (Å²) in [5.41, 5.74) is 3.77. The van der Waals surface area contributed by atoms with Gasteiger partial charge in [0.2, 0.25) is 0 Å². The van der Waals surface area contributed by atoms with Crippen LogP contribution >= 0.6 is 0 Å². The minimum absolute atomic E-state index is 0.0337. The molecule has 3 nitrogen and oxygen atoms in total. The zero-order chi connectivity index (χ0) is 9.26. The number of rotatable bonds is 1. The molecule has 3 heteroatoms. The van der Waals surface area contributed by atoms with Crippen LogP contribution in [0.4, 0.5) is 0 Å². The van der Waals surface area contributed by atoms with E-state index in [1.165, 1.54) is 5.56 Å². The van der Waals surface area contributed by atoms with E-state index in [0.29, 0.717) is 0 Å². The van der Waals surface area contributed by atoms with Crippen molar-refractivity contribution in [3.05, 3.63) is 34.9 Å². The Balaban J connectivity index is 2.49. The van der Waals surface area contributed by atoms with Crippen molar-refractivity contribution in [1.82, 2.24) is 0 Å². The maximum Gasteiger partial charge on any atom is 0.0873 e. The summed E-state index contributed by atoms with van der Waals surface area (Å²) >= 11 is 0. The molecule has 1 aromatic rings. The first-order chi connectivity index (χ1) is 6.35. The number of nitrogens with zero attached hydrogens (tertiary/aromatic N) is 1. The van der Waals surface area contributed by atoms with Gasteiger partial charge in [-0.1, -0.05) is 17.3 Å². The van der Waals surface area contributed by atoms with Gasteiger partial charge in [-0.15, -0.1) is 0 Å². The minimum Gasteiger partial charge on any atom is -0.411 e. The van der Waals surface area contributed by atoms with Crippen LogP contribution in [-0.4, -0.2) is 16.0 Å². The van der Waals surface area contributed by atoms with Gasteiger partial charge in [-0.05, 0) is 30.0 Å². The molecule has 0 heterocycles. The third-order valence-electron chi connectivity index (χ3n) is 2.42. The van der Waals surface area contributed by atoms with E-state index in [1.807, 2.05) is 18.2 Å². The number of oxime groups is 1. The molecule has 0 bridgehead atoms. The van der Waals surface area contributed by atoms with Crippen LogP contribution in [0.1, 0.15) is 23.1 Å². The van der Waals surface area contributed by atoms with Crippen LogP contribution in [0, 0.1) is 0 Å². The molecule has 0 atom stereocenters. The Labute approximate surface area is 76.3 Å². The predicted molar refractivity (Wildman–Crippen MR) is 49.0 cm³/mol. The normalized spacial score (nSPS) is 17.8. The molecule has 0 saturated heterocycles. The summed E-state index contributed by atoms with van der Waals surface area (Å²) in [5.74, 6) is 0.